The molecule has 1 heterocycles. The first-order valence-electron chi connectivity index (χ1n) is 9.79. The minimum Gasteiger partial charge on any atom is -0.394 e. The maximum atomic E-state index is 12.6. The number of unbranched alkanes of at least 4 members (excludes halogenated alkanes) is 3. The Balaban J connectivity index is 2.63. The van der Waals surface area contributed by atoms with Crippen LogP contribution in [0.25, 0.3) is 0 Å². The van der Waals surface area contributed by atoms with Crippen molar-refractivity contribution in [1.29, 1.82) is 0 Å². The van der Waals surface area contributed by atoms with Crippen LogP contribution in [0.5, 0.6) is 0 Å². The monoisotopic (exact) mass is 386 g/mol. The zero-order valence-corrected chi connectivity index (χ0v) is 16.6. The Morgan fingerprint density at radius 1 is 1.07 bits per heavy atom. The zero-order chi connectivity index (χ0) is 20.4. The average Bonchev–Trinajstić information content (AvgIpc) is 3.43. The van der Waals surface area contributed by atoms with Crippen molar-refractivity contribution in [2.24, 2.45) is 5.92 Å². The summed E-state index contributed by atoms with van der Waals surface area (Å²) in [6, 6.07) is -1.96. The van der Waals surface area contributed by atoms with E-state index in [9.17, 15) is 24.6 Å². The van der Waals surface area contributed by atoms with Crippen LogP contribution >= 0.6 is 0 Å². The summed E-state index contributed by atoms with van der Waals surface area (Å²) in [5.41, 5.74) is -1.23. The van der Waals surface area contributed by atoms with E-state index in [2.05, 4.69) is 17.6 Å². The molecule has 0 aromatic rings. The van der Waals surface area contributed by atoms with Crippen LogP contribution in [0.3, 0.4) is 0 Å². The Bertz CT molecular complexity index is 504. The Morgan fingerprint density at radius 3 is 2.22 bits per heavy atom. The van der Waals surface area contributed by atoms with Crippen molar-refractivity contribution in [2.45, 2.75) is 77.0 Å². The number of ether oxygens (including phenoxy) is 1. The van der Waals surface area contributed by atoms with Crippen molar-refractivity contribution < 1.29 is 29.3 Å². The van der Waals surface area contributed by atoms with Crippen LogP contribution in [0.4, 0.5) is 0 Å². The molecular weight excluding hydrogens is 352 g/mol. The summed E-state index contributed by atoms with van der Waals surface area (Å²) in [7, 11) is 0. The molecule has 0 aromatic heterocycles. The van der Waals surface area contributed by atoms with Gasteiger partial charge in [-0.1, -0.05) is 40.0 Å². The molecule has 1 saturated heterocycles. The predicted octanol–water partition coefficient (Wildman–Crippen LogP) is 0.295. The highest BCUT2D eigenvalue weighted by Gasteiger charge is 2.54. The number of hydrogen-bond donors (Lipinski definition) is 4. The molecule has 0 radical (unpaired) electrons. The molecule has 1 fully saturated rings. The standard InChI is InChI=1S/C19H34N2O6/c1-4-5-6-7-8-16(24)20-15(10-22)18(26)21-14(9-13(2)3)17(25)19(11-23)12-27-19/h13-15,22-23H,4-12H2,1-3H3,(H,20,24)(H,21,26)/t14-,15-,19+/m0/s1. The number of aliphatic hydroxyl groups excluding tert-OH is 2. The third-order valence-electron chi connectivity index (χ3n) is 4.63. The molecule has 2 amide bonds. The lowest BCUT2D eigenvalue weighted by atomic mass is 9.92. The second kappa shape index (κ2) is 11.4. The highest BCUT2D eigenvalue weighted by Crippen LogP contribution is 2.30. The fourth-order valence-corrected chi connectivity index (χ4v) is 2.86. The van der Waals surface area contributed by atoms with Gasteiger partial charge >= 0.3 is 0 Å². The summed E-state index contributed by atoms with van der Waals surface area (Å²) >= 11 is 0. The molecule has 0 spiro atoms. The predicted molar refractivity (Wildman–Crippen MR) is 99.9 cm³/mol. The summed E-state index contributed by atoms with van der Waals surface area (Å²) in [5, 5.41) is 24.0. The van der Waals surface area contributed by atoms with Gasteiger partial charge in [-0.3, -0.25) is 14.4 Å². The van der Waals surface area contributed by atoms with E-state index in [-0.39, 0.29) is 24.2 Å². The van der Waals surface area contributed by atoms with Crippen molar-refractivity contribution in [2.75, 3.05) is 19.8 Å². The van der Waals surface area contributed by atoms with Crippen molar-refractivity contribution >= 4 is 17.6 Å². The molecule has 0 unspecified atom stereocenters. The van der Waals surface area contributed by atoms with Crippen molar-refractivity contribution in [1.82, 2.24) is 10.6 Å². The molecular formula is C19H34N2O6. The fourth-order valence-electron chi connectivity index (χ4n) is 2.86. The highest BCUT2D eigenvalue weighted by atomic mass is 16.6. The summed E-state index contributed by atoms with van der Waals surface area (Å²) in [6.45, 7) is 5.03. The van der Waals surface area contributed by atoms with Crippen LogP contribution in [0.2, 0.25) is 0 Å². The van der Waals surface area contributed by atoms with E-state index in [1.54, 1.807) is 0 Å². The van der Waals surface area contributed by atoms with Crippen LogP contribution < -0.4 is 10.6 Å². The quantitative estimate of drug-likeness (QED) is 0.251. The van der Waals surface area contributed by atoms with E-state index in [0.29, 0.717) is 12.8 Å². The molecule has 8 heteroatoms. The van der Waals surface area contributed by atoms with Crippen LogP contribution in [-0.4, -0.2) is 65.3 Å². The van der Waals surface area contributed by atoms with Gasteiger partial charge in [0.1, 0.15) is 6.04 Å². The van der Waals surface area contributed by atoms with Gasteiger partial charge in [-0.05, 0) is 18.8 Å². The Hall–Kier alpha value is -1.51. The zero-order valence-electron chi connectivity index (χ0n) is 16.6. The van der Waals surface area contributed by atoms with E-state index in [1.807, 2.05) is 13.8 Å². The Kier molecular flexibility index (Phi) is 9.90. The molecule has 0 bridgehead atoms. The summed E-state index contributed by atoms with van der Waals surface area (Å²) < 4.78 is 5.10. The van der Waals surface area contributed by atoms with Gasteiger partial charge in [-0.15, -0.1) is 0 Å². The van der Waals surface area contributed by atoms with Crippen molar-refractivity contribution in [3.05, 3.63) is 0 Å². The van der Waals surface area contributed by atoms with Crippen LogP contribution in [-0.2, 0) is 19.1 Å². The van der Waals surface area contributed by atoms with Gasteiger partial charge in [0.25, 0.3) is 0 Å². The minimum atomic E-state index is -1.23. The number of nitrogens with one attached hydrogen (secondary N) is 2. The molecule has 4 N–H and O–H groups in total. The van der Waals surface area contributed by atoms with Gasteiger partial charge in [-0.25, -0.2) is 0 Å². The number of rotatable bonds is 14. The molecule has 1 rings (SSSR count). The molecule has 0 aromatic carbocycles. The molecule has 1 aliphatic heterocycles. The largest absolute Gasteiger partial charge is 0.394 e. The maximum absolute atomic E-state index is 12.6. The van der Waals surface area contributed by atoms with E-state index < -0.39 is 36.8 Å². The fraction of sp³-hybridized carbons (Fsp3) is 0.842. The van der Waals surface area contributed by atoms with Gasteiger partial charge in [-0.2, -0.15) is 0 Å². The van der Waals surface area contributed by atoms with Gasteiger partial charge in [0.2, 0.25) is 11.8 Å². The summed E-state index contributed by atoms with van der Waals surface area (Å²) in [4.78, 5) is 37.1. The van der Waals surface area contributed by atoms with Gasteiger partial charge in [0.05, 0.1) is 25.9 Å². The molecule has 156 valence electrons. The minimum absolute atomic E-state index is 0.120. The van der Waals surface area contributed by atoms with E-state index >= 15 is 0 Å². The number of amides is 2. The van der Waals surface area contributed by atoms with Gasteiger partial charge < -0.3 is 25.6 Å². The molecule has 1 aliphatic rings. The number of carbonyl (C=O) groups excluding carboxylic acids is 3. The molecule has 3 atom stereocenters. The first kappa shape index (κ1) is 23.5. The topological polar surface area (TPSA) is 128 Å². The van der Waals surface area contributed by atoms with Crippen LogP contribution in [0, 0.1) is 5.92 Å². The molecule has 0 aliphatic carbocycles. The van der Waals surface area contributed by atoms with E-state index in [1.165, 1.54) is 0 Å². The van der Waals surface area contributed by atoms with Gasteiger partial charge in [0, 0.05) is 6.42 Å². The second-order valence-corrected chi connectivity index (χ2v) is 7.61. The van der Waals surface area contributed by atoms with E-state index in [0.717, 1.165) is 25.7 Å². The first-order valence-corrected chi connectivity index (χ1v) is 9.79. The highest BCUT2D eigenvalue weighted by molar-refractivity contribution is 5.98. The lowest BCUT2D eigenvalue weighted by Crippen LogP contribution is -2.55. The lowest BCUT2D eigenvalue weighted by Gasteiger charge is -2.24. The lowest BCUT2D eigenvalue weighted by molar-refractivity contribution is -0.134. The first-order chi connectivity index (χ1) is 12.8. The maximum Gasteiger partial charge on any atom is 0.245 e. The molecule has 27 heavy (non-hydrogen) atoms. The Labute approximate surface area is 161 Å². The smallest absolute Gasteiger partial charge is 0.245 e. The summed E-state index contributed by atoms with van der Waals surface area (Å²) in [6.07, 6.45) is 4.44. The third kappa shape index (κ3) is 7.56. The number of epoxide rings is 1. The number of carbonyl (C=O) groups is 3. The number of ketones is 1. The SMILES string of the molecule is CCCCCCC(=O)N[C@@H](CO)C(=O)N[C@@H](CC(C)C)C(=O)[C@@]1(CO)CO1. The number of hydrogen-bond acceptors (Lipinski definition) is 6. The van der Waals surface area contributed by atoms with Crippen LogP contribution in [0.15, 0.2) is 0 Å². The molecule has 0 saturated carbocycles. The third-order valence-corrected chi connectivity index (χ3v) is 4.63. The summed E-state index contributed by atoms with van der Waals surface area (Å²) in [5.74, 6) is -1.18. The normalized spacial score (nSPS) is 20.8. The number of aliphatic hydroxyl groups is 2. The van der Waals surface area contributed by atoms with Crippen LogP contribution in [0.1, 0.15) is 59.3 Å². The molecule has 8 nitrogen and oxygen atoms in total. The number of Topliss-reactive ketones (excluding diaryl/α,β-unsaturated/α-hetero) is 1. The Morgan fingerprint density at radius 2 is 1.74 bits per heavy atom. The van der Waals surface area contributed by atoms with Crippen molar-refractivity contribution in [3.8, 4) is 0 Å². The second-order valence-electron chi connectivity index (χ2n) is 7.61. The average molecular weight is 386 g/mol. The van der Waals surface area contributed by atoms with E-state index in [4.69, 9.17) is 4.74 Å². The van der Waals surface area contributed by atoms with Gasteiger partial charge in [0.15, 0.2) is 11.4 Å². The van der Waals surface area contributed by atoms with Crippen molar-refractivity contribution in [3.63, 3.8) is 0 Å².